The van der Waals surface area contributed by atoms with Crippen LogP contribution in [0.2, 0.25) is 0 Å². The molecule has 0 aliphatic carbocycles. The van der Waals surface area contributed by atoms with E-state index in [2.05, 4.69) is 32.3 Å². The van der Waals surface area contributed by atoms with E-state index in [0.29, 0.717) is 0 Å². The van der Waals surface area contributed by atoms with E-state index in [4.69, 9.17) is 5.73 Å². The number of primary amides is 1. The normalized spacial score (nSPS) is 21.8. The summed E-state index contributed by atoms with van der Waals surface area (Å²) >= 11 is 0. The number of nitrogens with zero attached hydrogens (tertiary/aromatic N) is 1. The highest BCUT2D eigenvalue weighted by atomic mass is 16.1. The monoisotopic (exact) mass is 210 g/mol. The number of carbonyl (C=O) groups excluding carboxylic acids is 1. The number of hydrogen-bond donors (Lipinski definition) is 1. The predicted octanol–water partition coefficient (Wildman–Crippen LogP) is 1.89. The lowest BCUT2D eigenvalue weighted by Gasteiger charge is -2.30. The van der Waals surface area contributed by atoms with Crippen LogP contribution in [0.25, 0.3) is 0 Å². The van der Waals surface area contributed by atoms with E-state index < -0.39 is 0 Å². The van der Waals surface area contributed by atoms with Crippen LogP contribution in [0.3, 0.4) is 0 Å². The van der Waals surface area contributed by atoms with Crippen molar-refractivity contribution in [3.05, 3.63) is 12.3 Å². The topological polar surface area (TPSA) is 46.3 Å². The van der Waals surface area contributed by atoms with Crippen molar-refractivity contribution < 1.29 is 4.79 Å². The van der Waals surface area contributed by atoms with Crippen LogP contribution in [0.15, 0.2) is 12.3 Å². The van der Waals surface area contributed by atoms with Crippen LogP contribution < -0.4 is 5.73 Å². The van der Waals surface area contributed by atoms with Crippen molar-refractivity contribution in [2.45, 2.75) is 46.1 Å². The van der Waals surface area contributed by atoms with E-state index in [1.165, 1.54) is 0 Å². The molecular formula is C12H22N2O. The zero-order valence-corrected chi connectivity index (χ0v) is 10.0. The Hall–Kier alpha value is -0.990. The minimum atomic E-state index is -0.220. The molecule has 0 aromatic rings. The number of nitrogens with two attached hydrogens (primary N) is 1. The summed E-state index contributed by atoms with van der Waals surface area (Å²) in [7, 11) is 0. The summed E-state index contributed by atoms with van der Waals surface area (Å²) in [6.45, 7) is 11.5. The highest BCUT2D eigenvalue weighted by Gasteiger charge is 2.30. The molecule has 86 valence electrons. The van der Waals surface area contributed by atoms with Gasteiger partial charge in [0.05, 0.1) is 0 Å². The summed E-state index contributed by atoms with van der Waals surface area (Å²) < 4.78 is 0. The zero-order chi connectivity index (χ0) is 11.6. The number of amides is 1. The van der Waals surface area contributed by atoms with E-state index >= 15 is 0 Å². The van der Waals surface area contributed by atoms with Gasteiger partial charge in [-0.05, 0) is 24.7 Å². The summed E-state index contributed by atoms with van der Waals surface area (Å²) in [5, 5.41) is 0. The van der Waals surface area contributed by atoms with Crippen LogP contribution in [0, 0.1) is 5.41 Å². The van der Waals surface area contributed by atoms with Gasteiger partial charge >= 0.3 is 0 Å². The molecule has 1 atom stereocenters. The molecule has 0 unspecified atom stereocenters. The Morgan fingerprint density at radius 1 is 1.53 bits per heavy atom. The van der Waals surface area contributed by atoms with Crippen LogP contribution in [0.4, 0.5) is 0 Å². The first-order valence-corrected chi connectivity index (χ1v) is 5.55. The molecule has 0 bridgehead atoms. The molecule has 0 saturated carbocycles. The fraction of sp³-hybridized carbons (Fsp3) is 0.750. The molecule has 1 heterocycles. The average Bonchev–Trinajstić information content (AvgIpc) is 2.47. The molecule has 1 amide bonds. The summed E-state index contributed by atoms with van der Waals surface area (Å²) in [5.41, 5.74) is 6.62. The molecule has 2 N–H and O–H groups in total. The van der Waals surface area contributed by atoms with Crippen LogP contribution >= 0.6 is 0 Å². The molecule has 3 nitrogen and oxygen atoms in total. The van der Waals surface area contributed by atoms with Gasteiger partial charge in [-0.1, -0.05) is 27.4 Å². The summed E-state index contributed by atoms with van der Waals surface area (Å²) in [5.74, 6) is -0.220. The first-order chi connectivity index (χ1) is 6.81. The van der Waals surface area contributed by atoms with Crippen molar-refractivity contribution in [2.75, 3.05) is 6.54 Å². The van der Waals surface area contributed by atoms with Gasteiger partial charge in [0.15, 0.2) is 0 Å². The molecule has 0 aromatic carbocycles. The number of hydrogen-bond acceptors (Lipinski definition) is 2. The van der Waals surface area contributed by atoms with Gasteiger partial charge in [-0.2, -0.15) is 0 Å². The number of likely N-dealkylation sites (tertiary alicyclic amines) is 1. The number of carbonyl (C=O) groups is 1. The van der Waals surface area contributed by atoms with Gasteiger partial charge < -0.3 is 10.6 Å². The number of rotatable bonds is 3. The SMILES string of the molecule is C=C(CC(C)(C)C)N1CCC[C@H]1C(N)=O. The van der Waals surface area contributed by atoms with Crippen LogP contribution in [-0.2, 0) is 4.79 Å². The molecule has 15 heavy (non-hydrogen) atoms. The summed E-state index contributed by atoms with van der Waals surface area (Å²) in [6, 6.07) is -0.125. The molecule has 3 heteroatoms. The average molecular weight is 210 g/mol. The van der Waals surface area contributed by atoms with Gasteiger partial charge in [0.2, 0.25) is 5.91 Å². The van der Waals surface area contributed by atoms with Gasteiger partial charge in [-0.25, -0.2) is 0 Å². The van der Waals surface area contributed by atoms with E-state index in [1.807, 2.05) is 0 Å². The second-order valence-corrected chi connectivity index (χ2v) is 5.56. The fourth-order valence-electron chi connectivity index (χ4n) is 2.15. The van der Waals surface area contributed by atoms with E-state index in [9.17, 15) is 4.79 Å². The van der Waals surface area contributed by atoms with Gasteiger partial charge in [-0.3, -0.25) is 4.79 Å². The second kappa shape index (κ2) is 4.25. The molecular weight excluding hydrogens is 188 g/mol. The van der Waals surface area contributed by atoms with Crippen molar-refractivity contribution in [1.82, 2.24) is 4.90 Å². The second-order valence-electron chi connectivity index (χ2n) is 5.56. The van der Waals surface area contributed by atoms with Crippen LogP contribution in [0.5, 0.6) is 0 Å². The third kappa shape index (κ3) is 3.26. The maximum absolute atomic E-state index is 11.2. The van der Waals surface area contributed by atoms with E-state index in [1.54, 1.807) is 0 Å². The largest absolute Gasteiger partial charge is 0.368 e. The molecule has 0 aromatic heterocycles. The summed E-state index contributed by atoms with van der Waals surface area (Å²) in [4.78, 5) is 13.3. The van der Waals surface area contributed by atoms with E-state index in [0.717, 1.165) is 31.5 Å². The van der Waals surface area contributed by atoms with Crippen LogP contribution in [0.1, 0.15) is 40.0 Å². The fourth-order valence-corrected chi connectivity index (χ4v) is 2.15. The lowest BCUT2D eigenvalue weighted by Crippen LogP contribution is -2.40. The lowest BCUT2D eigenvalue weighted by molar-refractivity contribution is -0.121. The summed E-state index contributed by atoms with van der Waals surface area (Å²) in [6.07, 6.45) is 2.83. The molecule has 1 aliphatic rings. The molecule has 0 radical (unpaired) electrons. The van der Waals surface area contributed by atoms with Crippen LogP contribution in [-0.4, -0.2) is 23.4 Å². The third-order valence-electron chi connectivity index (χ3n) is 2.72. The third-order valence-corrected chi connectivity index (χ3v) is 2.72. The Kier molecular flexibility index (Phi) is 3.42. The molecule has 0 spiro atoms. The lowest BCUT2D eigenvalue weighted by atomic mass is 9.90. The van der Waals surface area contributed by atoms with Crippen molar-refractivity contribution >= 4 is 5.91 Å². The Balaban J connectivity index is 2.63. The first-order valence-electron chi connectivity index (χ1n) is 5.55. The quantitative estimate of drug-likeness (QED) is 0.773. The van der Waals surface area contributed by atoms with Crippen molar-refractivity contribution in [2.24, 2.45) is 11.1 Å². The predicted molar refractivity (Wildman–Crippen MR) is 62.1 cm³/mol. The van der Waals surface area contributed by atoms with Gasteiger partial charge in [0.1, 0.15) is 6.04 Å². The minimum absolute atomic E-state index is 0.125. The van der Waals surface area contributed by atoms with Gasteiger partial charge in [0.25, 0.3) is 0 Å². The van der Waals surface area contributed by atoms with Crippen molar-refractivity contribution in [3.8, 4) is 0 Å². The Morgan fingerprint density at radius 3 is 2.60 bits per heavy atom. The van der Waals surface area contributed by atoms with Gasteiger partial charge in [0, 0.05) is 12.2 Å². The molecule has 1 fully saturated rings. The maximum atomic E-state index is 11.2. The highest BCUT2D eigenvalue weighted by molar-refractivity contribution is 5.80. The Morgan fingerprint density at radius 2 is 2.13 bits per heavy atom. The zero-order valence-electron chi connectivity index (χ0n) is 10.0. The maximum Gasteiger partial charge on any atom is 0.240 e. The van der Waals surface area contributed by atoms with E-state index in [-0.39, 0.29) is 17.4 Å². The standard InChI is InChI=1S/C12H22N2O/c1-9(8-12(2,3)4)14-7-5-6-10(14)11(13)15/h10H,1,5-8H2,2-4H3,(H2,13,15)/t10-/m0/s1. The first kappa shape index (κ1) is 12.1. The highest BCUT2D eigenvalue weighted by Crippen LogP contribution is 2.29. The smallest absolute Gasteiger partial charge is 0.240 e. The van der Waals surface area contributed by atoms with Gasteiger partial charge in [-0.15, -0.1) is 0 Å². The molecule has 1 aliphatic heterocycles. The Bertz CT molecular complexity index is 265. The molecule has 1 rings (SSSR count). The van der Waals surface area contributed by atoms with Crippen molar-refractivity contribution in [1.29, 1.82) is 0 Å². The number of allylic oxidation sites excluding steroid dienone is 1. The van der Waals surface area contributed by atoms with Crippen molar-refractivity contribution in [3.63, 3.8) is 0 Å². The minimum Gasteiger partial charge on any atom is -0.368 e. The molecule has 1 saturated heterocycles. The Labute approximate surface area is 92.3 Å².